The maximum Gasteiger partial charge on any atom is 0.0234 e. The normalized spacial score (nSPS) is 30.0. The highest BCUT2D eigenvalue weighted by molar-refractivity contribution is 5.13. The van der Waals surface area contributed by atoms with Crippen molar-refractivity contribution in [3.05, 3.63) is 16.0 Å². The van der Waals surface area contributed by atoms with Crippen LogP contribution in [0.3, 0.4) is 0 Å². The highest BCUT2D eigenvalue weighted by Gasteiger charge is 2.34. The van der Waals surface area contributed by atoms with E-state index in [0.717, 1.165) is 18.3 Å². The first-order valence-corrected chi connectivity index (χ1v) is 4.35. The number of hydrogen-bond donors (Lipinski definition) is 0. The van der Waals surface area contributed by atoms with E-state index in [-0.39, 0.29) is 0 Å². The van der Waals surface area contributed by atoms with Crippen LogP contribution in [-0.2, 0) is 0 Å². The van der Waals surface area contributed by atoms with Crippen molar-refractivity contribution in [2.45, 2.75) is 32.1 Å². The molecule has 0 aliphatic heterocycles. The van der Waals surface area contributed by atoms with Gasteiger partial charge in [-0.25, -0.2) is 0 Å². The fraction of sp³-hybridized carbons (Fsp3) is 0.778. The van der Waals surface area contributed by atoms with Crippen LogP contribution in [0.25, 0.3) is 16.0 Å². The summed E-state index contributed by atoms with van der Waals surface area (Å²) in [6.45, 7) is 0. The average Bonchev–Trinajstić information content (AvgIpc) is 2.68. The molecule has 1 fully saturated rings. The minimum absolute atomic E-state index is 0.824. The lowest BCUT2D eigenvalue weighted by Crippen LogP contribution is -1.84. The number of rotatable bonds is 0. The van der Waals surface area contributed by atoms with Gasteiger partial charge in [0, 0.05) is 12.3 Å². The van der Waals surface area contributed by atoms with Crippen molar-refractivity contribution in [2.75, 3.05) is 0 Å². The van der Waals surface area contributed by atoms with E-state index in [1.165, 1.54) is 30.6 Å². The van der Waals surface area contributed by atoms with Crippen LogP contribution in [0.4, 0.5) is 0 Å². The van der Waals surface area contributed by atoms with Crippen molar-refractivity contribution < 1.29 is 0 Å². The van der Waals surface area contributed by atoms with Gasteiger partial charge in [0.15, 0.2) is 0 Å². The lowest BCUT2D eigenvalue weighted by molar-refractivity contribution is 0.616. The molecule has 3 nitrogen and oxygen atoms in total. The monoisotopic (exact) mass is 162 g/mol. The molecule has 0 amide bonds. The molecule has 2 rings (SSSR count). The minimum Gasteiger partial charge on any atom is -0.373 e. The van der Waals surface area contributed by atoms with Crippen molar-refractivity contribution in [1.82, 2.24) is 0 Å². The second-order valence-electron chi connectivity index (χ2n) is 3.26. The zero-order valence-corrected chi connectivity index (χ0v) is 7.03. The Morgan fingerprint density at radius 2 is 2.00 bits per heavy atom. The Kier molecular flexibility index (Phi) is 3.50. The first-order chi connectivity index (χ1) is 5.88. The van der Waals surface area contributed by atoms with E-state index in [1.807, 2.05) is 0 Å². The maximum absolute atomic E-state index is 6.75. The van der Waals surface area contributed by atoms with Crippen LogP contribution in [0, 0.1) is 23.7 Å². The van der Waals surface area contributed by atoms with Crippen LogP contribution < -0.4 is 0 Å². The summed E-state index contributed by atoms with van der Waals surface area (Å²) >= 11 is 0. The van der Waals surface area contributed by atoms with Crippen LogP contribution >= 0.6 is 0 Å². The van der Waals surface area contributed by atoms with E-state index in [2.05, 4.69) is 11.8 Å². The first-order valence-electron chi connectivity index (χ1n) is 4.35. The van der Waals surface area contributed by atoms with Crippen molar-refractivity contribution >= 4 is 0 Å². The molecular formula is C9H12N3-. The third kappa shape index (κ3) is 2.86. The summed E-state index contributed by atoms with van der Waals surface area (Å²) in [5.74, 6) is 8.37. The molecule has 2 unspecified atom stereocenters. The number of hydrogen-bond acceptors (Lipinski definition) is 0. The fourth-order valence-electron chi connectivity index (χ4n) is 1.57. The second-order valence-corrected chi connectivity index (χ2v) is 3.26. The predicted molar refractivity (Wildman–Crippen MR) is 47.9 cm³/mol. The average molecular weight is 162 g/mol. The Bertz CT molecular complexity index is 230. The zero-order valence-electron chi connectivity index (χ0n) is 7.03. The molecule has 64 valence electrons. The van der Waals surface area contributed by atoms with Crippen LogP contribution in [0.1, 0.15) is 32.1 Å². The Morgan fingerprint density at radius 3 is 2.75 bits per heavy atom. The van der Waals surface area contributed by atoms with Crippen molar-refractivity contribution in [3.8, 4) is 11.8 Å². The van der Waals surface area contributed by atoms with Gasteiger partial charge in [-0.3, -0.25) is 4.91 Å². The molecule has 0 aromatic heterocycles. The molecule has 0 aromatic rings. The Morgan fingerprint density at radius 1 is 1.25 bits per heavy atom. The SMILES string of the molecule is C1#CC2CC2CCCC1.[N-]=[N+]=[N-]. The van der Waals surface area contributed by atoms with Crippen LogP contribution in [-0.4, -0.2) is 0 Å². The lowest BCUT2D eigenvalue weighted by Gasteiger charge is -1.97. The van der Waals surface area contributed by atoms with E-state index in [0.29, 0.717) is 0 Å². The molecule has 0 N–H and O–H groups in total. The van der Waals surface area contributed by atoms with Gasteiger partial charge in [-0.15, -0.1) is 5.92 Å². The van der Waals surface area contributed by atoms with Gasteiger partial charge in [-0.1, -0.05) is 12.3 Å². The smallest absolute Gasteiger partial charge is 0.0234 e. The Labute approximate surface area is 72.6 Å². The summed E-state index contributed by atoms with van der Waals surface area (Å²) < 4.78 is 0. The number of nitrogens with zero attached hydrogens (tertiary/aromatic N) is 3. The quantitative estimate of drug-likeness (QED) is 0.227. The third-order valence-electron chi connectivity index (χ3n) is 2.34. The molecule has 0 radical (unpaired) electrons. The summed E-state index contributed by atoms with van der Waals surface area (Å²) in [5, 5.41) is 0. The molecule has 0 saturated heterocycles. The van der Waals surface area contributed by atoms with E-state index < -0.39 is 0 Å². The topological polar surface area (TPSA) is 58.7 Å². The van der Waals surface area contributed by atoms with Gasteiger partial charge in [0.25, 0.3) is 0 Å². The first kappa shape index (κ1) is 8.96. The van der Waals surface area contributed by atoms with Gasteiger partial charge < -0.3 is 11.1 Å². The van der Waals surface area contributed by atoms with Crippen molar-refractivity contribution in [3.63, 3.8) is 0 Å². The molecule has 0 heterocycles. The standard InChI is InChI=1S/C9H12.N3/c1-2-4-6-9-7-8(9)5-3-1;1-3-2/h8-9H,1-3,5,7H2;/q;-1. The molecule has 1 saturated carbocycles. The zero-order chi connectivity index (χ0) is 8.81. The molecule has 2 aliphatic carbocycles. The molecule has 2 atom stereocenters. The lowest BCUT2D eigenvalue weighted by atomic mass is 10.1. The largest absolute Gasteiger partial charge is 0.373 e. The number of fused-ring (bicyclic) bond motifs is 1. The fourth-order valence-corrected chi connectivity index (χ4v) is 1.57. The maximum atomic E-state index is 6.75. The third-order valence-corrected chi connectivity index (χ3v) is 2.34. The van der Waals surface area contributed by atoms with Gasteiger partial charge in [-0.2, -0.15) is 0 Å². The molecule has 3 heteroatoms. The van der Waals surface area contributed by atoms with Gasteiger partial charge >= 0.3 is 0 Å². The van der Waals surface area contributed by atoms with Crippen LogP contribution in [0.5, 0.6) is 0 Å². The van der Waals surface area contributed by atoms with Gasteiger partial charge in [0.1, 0.15) is 0 Å². The summed E-state index contributed by atoms with van der Waals surface area (Å²) in [7, 11) is 0. The highest BCUT2D eigenvalue weighted by Crippen LogP contribution is 2.42. The van der Waals surface area contributed by atoms with Gasteiger partial charge in [0.2, 0.25) is 0 Å². The van der Waals surface area contributed by atoms with Gasteiger partial charge in [-0.05, 0) is 25.2 Å². The Hall–Kier alpha value is -1.13. The predicted octanol–water partition coefficient (Wildman–Crippen LogP) is 3.07. The molecule has 12 heavy (non-hydrogen) atoms. The highest BCUT2D eigenvalue weighted by atomic mass is 15.0. The molecule has 0 spiro atoms. The van der Waals surface area contributed by atoms with E-state index >= 15 is 0 Å². The summed E-state index contributed by atoms with van der Waals surface area (Å²) in [4.78, 5) is 1.50. The molecule has 0 aromatic carbocycles. The summed E-state index contributed by atoms with van der Waals surface area (Å²) in [5.41, 5.74) is 13.5. The van der Waals surface area contributed by atoms with E-state index in [1.54, 1.807) is 0 Å². The second kappa shape index (κ2) is 4.69. The van der Waals surface area contributed by atoms with Gasteiger partial charge in [0.05, 0.1) is 0 Å². The van der Waals surface area contributed by atoms with Crippen molar-refractivity contribution in [1.29, 1.82) is 0 Å². The minimum atomic E-state index is 0.824. The summed E-state index contributed by atoms with van der Waals surface area (Å²) in [6.07, 6.45) is 6.79. The van der Waals surface area contributed by atoms with Crippen molar-refractivity contribution in [2.24, 2.45) is 11.8 Å². The van der Waals surface area contributed by atoms with Crippen LogP contribution in [0.2, 0.25) is 0 Å². The molecule has 0 bridgehead atoms. The van der Waals surface area contributed by atoms with E-state index in [9.17, 15) is 0 Å². The summed E-state index contributed by atoms with van der Waals surface area (Å²) in [6, 6.07) is 0. The van der Waals surface area contributed by atoms with E-state index in [4.69, 9.17) is 11.1 Å². The van der Waals surface area contributed by atoms with Crippen LogP contribution in [0.15, 0.2) is 0 Å². The molecule has 2 aliphatic rings. The Balaban J connectivity index is 0.000000213. The molecular weight excluding hydrogens is 150 g/mol.